The van der Waals surface area contributed by atoms with Gasteiger partial charge in [0.1, 0.15) is 11.4 Å². The Balaban J connectivity index is 1.59. The first-order chi connectivity index (χ1) is 13.9. The van der Waals surface area contributed by atoms with Crippen LogP contribution in [0.5, 0.6) is 0 Å². The summed E-state index contributed by atoms with van der Waals surface area (Å²) in [6.45, 7) is 0.884. The van der Waals surface area contributed by atoms with Crippen LogP contribution in [-0.2, 0) is 6.54 Å². The number of aliphatic hydroxyl groups excluding tert-OH is 1. The maximum Gasteiger partial charge on any atom is 0.356 e. The summed E-state index contributed by atoms with van der Waals surface area (Å²) < 4.78 is 7.28. The van der Waals surface area contributed by atoms with Gasteiger partial charge in [0.2, 0.25) is 0 Å². The molecule has 1 saturated heterocycles. The number of halogens is 1. The lowest BCUT2D eigenvalue weighted by molar-refractivity contribution is 0.0536. The van der Waals surface area contributed by atoms with Crippen LogP contribution in [0.25, 0.3) is 10.6 Å². The zero-order valence-electron chi connectivity index (χ0n) is 15.1. The maximum atomic E-state index is 12.9. The normalized spacial score (nSPS) is 15.0. The quantitative estimate of drug-likeness (QED) is 0.630. The number of carbonyl (C=O) groups excluding carboxylic acids is 1. The molecule has 1 fully saturated rings. The highest BCUT2D eigenvalue weighted by molar-refractivity contribution is 7.19. The molecule has 29 heavy (non-hydrogen) atoms. The SMILES string of the molecule is O=C(O)c1cc(C(=O)N2CCC(O)CC2)n(Cc2cc(-c3ccc(Cl)s3)on2)n1. The van der Waals surface area contributed by atoms with Crippen molar-refractivity contribution >= 4 is 34.8 Å². The lowest BCUT2D eigenvalue weighted by Crippen LogP contribution is -2.40. The van der Waals surface area contributed by atoms with Crippen molar-refractivity contribution in [3.05, 3.63) is 45.7 Å². The number of thiophene rings is 1. The highest BCUT2D eigenvalue weighted by atomic mass is 35.5. The molecule has 0 radical (unpaired) electrons. The lowest BCUT2D eigenvalue weighted by Gasteiger charge is -2.29. The maximum absolute atomic E-state index is 12.9. The molecule has 0 aromatic carbocycles. The van der Waals surface area contributed by atoms with Crippen molar-refractivity contribution in [3.63, 3.8) is 0 Å². The van der Waals surface area contributed by atoms with E-state index < -0.39 is 12.1 Å². The van der Waals surface area contributed by atoms with Crippen LogP contribution in [-0.4, -0.2) is 61.1 Å². The Morgan fingerprint density at radius 2 is 2.03 bits per heavy atom. The third-order valence-electron chi connectivity index (χ3n) is 4.66. The van der Waals surface area contributed by atoms with Gasteiger partial charge >= 0.3 is 5.97 Å². The van der Waals surface area contributed by atoms with Crippen molar-refractivity contribution in [1.29, 1.82) is 0 Å². The molecule has 4 heterocycles. The Hall–Kier alpha value is -2.69. The predicted octanol–water partition coefficient (Wildman–Crippen LogP) is 2.60. The number of carboxylic acids is 1. The Labute approximate surface area is 174 Å². The highest BCUT2D eigenvalue weighted by Gasteiger charge is 2.27. The number of rotatable bonds is 5. The molecule has 0 saturated carbocycles. The minimum Gasteiger partial charge on any atom is -0.476 e. The third-order valence-corrected chi connectivity index (χ3v) is 5.90. The fourth-order valence-corrected chi connectivity index (χ4v) is 4.14. The molecule has 0 atom stereocenters. The van der Waals surface area contributed by atoms with Gasteiger partial charge in [-0.1, -0.05) is 16.8 Å². The Kier molecular flexibility index (Phi) is 5.39. The molecule has 9 nitrogen and oxygen atoms in total. The van der Waals surface area contributed by atoms with Crippen LogP contribution in [0.4, 0.5) is 0 Å². The minimum absolute atomic E-state index is 0.0768. The number of hydrogen-bond acceptors (Lipinski definition) is 7. The molecular weight excluding hydrogens is 420 g/mol. The Morgan fingerprint density at radius 3 is 2.69 bits per heavy atom. The molecule has 3 aromatic rings. The second kappa shape index (κ2) is 7.97. The number of piperidine rings is 1. The van der Waals surface area contributed by atoms with Crippen LogP contribution in [0.2, 0.25) is 4.34 Å². The van der Waals surface area contributed by atoms with Gasteiger partial charge in [-0.15, -0.1) is 11.3 Å². The van der Waals surface area contributed by atoms with Crippen molar-refractivity contribution in [1.82, 2.24) is 19.8 Å². The molecule has 1 aliphatic rings. The van der Waals surface area contributed by atoms with Crippen LogP contribution in [0.1, 0.15) is 39.5 Å². The predicted molar refractivity (Wildman–Crippen MR) is 104 cm³/mol. The number of aromatic nitrogens is 3. The minimum atomic E-state index is -1.22. The van der Waals surface area contributed by atoms with Gasteiger partial charge < -0.3 is 19.6 Å². The Bertz CT molecular complexity index is 1050. The van der Waals surface area contributed by atoms with Gasteiger partial charge in [0.05, 0.1) is 21.9 Å². The van der Waals surface area contributed by atoms with Gasteiger partial charge in [0.25, 0.3) is 5.91 Å². The first-order valence-corrected chi connectivity index (χ1v) is 10.1. The van der Waals surface area contributed by atoms with Crippen molar-refractivity contribution in [2.24, 2.45) is 0 Å². The van der Waals surface area contributed by atoms with E-state index in [-0.39, 0.29) is 23.8 Å². The molecule has 152 valence electrons. The van der Waals surface area contributed by atoms with Crippen molar-refractivity contribution in [3.8, 4) is 10.6 Å². The highest BCUT2D eigenvalue weighted by Crippen LogP contribution is 2.31. The topological polar surface area (TPSA) is 122 Å². The van der Waals surface area contributed by atoms with E-state index in [1.54, 1.807) is 17.0 Å². The fourth-order valence-electron chi connectivity index (χ4n) is 3.15. The van der Waals surface area contributed by atoms with E-state index in [2.05, 4.69) is 10.3 Å². The summed E-state index contributed by atoms with van der Waals surface area (Å²) in [5, 5.41) is 27.0. The smallest absolute Gasteiger partial charge is 0.356 e. The molecule has 2 N–H and O–H groups in total. The first-order valence-electron chi connectivity index (χ1n) is 8.90. The van der Waals surface area contributed by atoms with Crippen molar-refractivity contribution in [2.75, 3.05) is 13.1 Å². The molecule has 0 aliphatic carbocycles. The Morgan fingerprint density at radius 1 is 1.28 bits per heavy atom. The van der Waals surface area contributed by atoms with E-state index in [4.69, 9.17) is 16.1 Å². The number of aliphatic hydroxyl groups is 1. The summed E-state index contributed by atoms with van der Waals surface area (Å²) in [6.07, 6.45) is 0.557. The van der Waals surface area contributed by atoms with Gasteiger partial charge in [0, 0.05) is 25.2 Å². The van der Waals surface area contributed by atoms with Gasteiger partial charge in [-0.3, -0.25) is 9.48 Å². The van der Waals surface area contributed by atoms with Crippen LogP contribution >= 0.6 is 22.9 Å². The molecule has 0 unspecified atom stereocenters. The van der Waals surface area contributed by atoms with Crippen molar-refractivity contribution < 1.29 is 24.3 Å². The number of carbonyl (C=O) groups is 2. The number of amides is 1. The van der Waals surface area contributed by atoms with E-state index in [0.717, 1.165) is 4.88 Å². The van der Waals surface area contributed by atoms with E-state index in [1.807, 2.05) is 6.07 Å². The number of nitrogens with zero attached hydrogens (tertiary/aromatic N) is 4. The van der Waals surface area contributed by atoms with E-state index in [0.29, 0.717) is 41.7 Å². The van der Waals surface area contributed by atoms with Crippen LogP contribution in [0, 0.1) is 0 Å². The lowest BCUT2D eigenvalue weighted by atomic mass is 10.1. The average Bonchev–Trinajstić information content (AvgIpc) is 3.42. The van der Waals surface area contributed by atoms with E-state index in [1.165, 1.54) is 22.1 Å². The van der Waals surface area contributed by atoms with Crippen LogP contribution in [0.3, 0.4) is 0 Å². The molecule has 0 bridgehead atoms. The van der Waals surface area contributed by atoms with Gasteiger partial charge in [0.15, 0.2) is 11.5 Å². The van der Waals surface area contributed by atoms with Crippen LogP contribution in [0.15, 0.2) is 28.8 Å². The molecule has 11 heteroatoms. The van der Waals surface area contributed by atoms with Gasteiger partial charge in [-0.05, 0) is 25.0 Å². The number of aromatic carboxylic acids is 1. The number of hydrogen-bond donors (Lipinski definition) is 2. The summed E-state index contributed by atoms with van der Waals surface area (Å²) in [6, 6.07) is 6.53. The molecule has 0 spiro atoms. The first kappa shape index (κ1) is 19.6. The van der Waals surface area contributed by atoms with Gasteiger partial charge in [-0.2, -0.15) is 5.10 Å². The zero-order chi connectivity index (χ0) is 20.5. The molecular formula is C18H17ClN4O5S. The molecule has 4 rings (SSSR count). The molecule has 1 aliphatic heterocycles. The van der Waals surface area contributed by atoms with Crippen LogP contribution < -0.4 is 0 Å². The summed E-state index contributed by atoms with van der Waals surface area (Å²) in [5.41, 5.74) is 0.425. The summed E-state index contributed by atoms with van der Waals surface area (Å²) in [5.74, 6) is -1.02. The molecule has 3 aromatic heterocycles. The third kappa shape index (κ3) is 4.19. The second-order valence-corrected chi connectivity index (χ2v) is 8.40. The summed E-state index contributed by atoms with van der Waals surface area (Å²) in [7, 11) is 0. The van der Waals surface area contributed by atoms with E-state index >= 15 is 0 Å². The average molecular weight is 437 g/mol. The standard InChI is InChI=1S/C18H17ClN4O5S/c19-16-2-1-15(29-16)14-7-10(21-28-14)9-23-13(8-12(20-23)18(26)27)17(25)22-5-3-11(24)4-6-22/h1-2,7-8,11,24H,3-6,9H2,(H,26,27). The largest absolute Gasteiger partial charge is 0.476 e. The van der Waals surface area contributed by atoms with Gasteiger partial charge in [-0.25, -0.2) is 4.79 Å². The summed E-state index contributed by atoms with van der Waals surface area (Å²) in [4.78, 5) is 26.7. The number of likely N-dealkylation sites (tertiary alicyclic amines) is 1. The monoisotopic (exact) mass is 436 g/mol. The summed E-state index contributed by atoms with van der Waals surface area (Å²) >= 11 is 7.29. The molecule has 1 amide bonds. The second-order valence-electron chi connectivity index (χ2n) is 6.69. The number of carboxylic acid groups (broad SMARTS) is 1. The van der Waals surface area contributed by atoms with Crippen molar-refractivity contribution in [2.45, 2.75) is 25.5 Å². The zero-order valence-corrected chi connectivity index (χ0v) is 16.7. The fraction of sp³-hybridized carbons (Fsp3) is 0.333. The van der Waals surface area contributed by atoms with E-state index in [9.17, 15) is 19.8 Å².